The maximum Gasteiger partial charge on any atom is 0.255 e. The standard InChI is InChI=1S/C17H16N4O2/c1-12-11-18-20-21(12)14-9-7-13(8-10-14)17(22)19-15-5-3-4-6-16(15)23-2/h3-11H,1-2H3,(H,19,22). The molecular weight excluding hydrogens is 292 g/mol. The number of amides is 1. The van der Waals surface area contributed by atoms with Gasteiger partial charge in [-0.2, -0.15) is 0 Å². The molecule has 0 saturated heterocycles. The fourth-order valence-corrected chi connectivity index (χ4v) is 2.24. The van der Waals surface area contributed by atoms with Crippen LogP contribution in [-0.2, 0) is 0 Å². The average Bonchev–Trinajstić information content (AvgIpc) is 3.01. The highest BCUT2D eigenvalue weighted by Crippen LogP contribution is 2.23. The predicted octanol–water partition coefficient (Wildman–Crippen LogP) is 2.84. The Kier molecular flexibility index (Phi) is 4.05. The number of anilines is 1. The van der Waals surface area contributed by atoms with Gasteiger partial charge in [-0.3, -0.25) is 4.79 Å². The fraction of sp³-hybridized carbons (Fsp3) is 0.118. The SMILES string of the molecule is COc1ccccc1NC(=O)c1ccc(-n2nncc2C)cc1. The van der Waals surface area contributed by atoms with Gasteiger partial charge in [0.1, 0.15) is 5.75 Å². The number of carbonyl (C=O) groups is 1. The number of carbonyl (C=O) groups excluding carboxylic acids is 1. The lowest BCUT2D eigenvalue weighted by molar-refractivity contribution is 0.102. The molecule has 0 radical (unpaired) electrons. The molecule has 0 bridgehead atoms. The zero-order valence-corrected chi connectivity index (χ0v) is 12.9. The number of aryl methyl sites for hydroxylation is 1. The van der Waals surface area contributed by atoms with Crippen molar-refractivity contribution in [2.24, 2.45) is 0 Å². The lowest BCUT2D eigenvalue weighted by atomic mass is 10.2. The summed E-state index contributed by atoms with van der Waals surface area (Å²) in [4.78, 5) is 12.3. The summed E-state index contributed by atoms with van der Waals surface area (Å²) >= 11 is 0. The van der Waals surface area contributed by atoms with Crippen molar-refractivity contribution in [3.63, 3.8) is 0 Å². The number of ether oxygens (including phenoxy) is 1. The quantitative estimate of drug-likeness (QED) is 0.804. The van der Waals surface area contributed by atoms with Gasteiger partial charge in [0, 0.05) is 5.56 Å². The maximum atomic E-state index is 12.3. The van der Waals surface area contributed by atoms with Gasteiger partial charge in [0.05, 0.1) is 30.4 Å². The third-order valence-corrected chi connectivity index (χ3v) is 3.45. The van der Waals surface area contributed by atoms with E-state index in [4.69, 9.17) is 4.74 Å². The number of hydrogen-bond donors (Lipinski definition) is 1. The molecule has 116 valence electrons. The van der Waals surface area contributed by atoms with Gasteiger partial charge in [-0.15, -0.1) is 5.10 Å². The first-order valence-electron chi connectivity index (χ1n) is 7.11. The van der Waals surface area contributed by atoms with Crippen LogP contribution in [0.15, 0.2) is 54.7 Å². The minimum Gasteiger partial charge on any atom is -0.495 e. The lowest BCUT2D eigenvalue weighted by Crippen LogP contribution is -2.12. The van der Waals surface area contributed by atoms with Crippen molar-refractivity contribution in [2.75, 3.05) is 12.4 Å². The smallest absolute Gasteiger partial charge is 0.255 e. The van der Waals surface area contributed by atoms with Gasteiger partial charge < -0.3 is 10.1 Å². The van der Waals surface area contributed by atoms with E-state index in [0.717, 1.165) is 11.4 Å². The molecule has 0 unspecified atom stereocenters. The first kappa shape index (κ1) is 14.8. The van der Waals surface area contributed by atoms with Crippen molar-refractivity contribution in [3.8, 4) is 11.4 Å². The Morgan fingerprint density at radius 3 is 2.52 bits per heavy atom. The molecule has 1 amide bonds. The monoisotopic (exact) mass is 308 g/mol. The molecule has 1 N–H and O–H groups in total. The van der Waals surface area contributed by atoms with E-state index >= 15 is 0 Å². The molecule has 0 saturated carbocycles. The summed E-state index contributed by atoms with van der Waals surface area (Å²) in [5.41, 5.74) is 2.97. The van der Waals surface area contributed by atoms with Crippen molar-refractivity contribution in [1.82, 2.24) is 15.0 Å². The van der Waals surface area contributed by atoms with Crippen LogP contribution in [0.1, 0.15) is 16.1 Å². The number of para-hydroxylation sites is 2. The maximum absolute atomic E-state index is 12.3. The van der Waals surface area contributed by atoms with E-state index in [1.54, 1.807) is 42.3 Å². The molecule has 6 heteroatoms. The number of rotatable bonds is 4. The Bertz CT molecular complexity index is 825. The molecule has 0 aliphatic rings. The second-order valence-corrected chi connectivity index (χ2v) is 4.99. The summed E-state index contributed by atoms with van der Waals surface area (Å²) in [5, 5.41) is 10.7. The van der Waals surface area contributed by atoms with Crippen LogP contribution in [0.3, 0.4) is 0 Å². The normalized spacial score (nSPS) is 10.3. The lowest BCUT2D eigenvalue weighted by Gasteiger charge is -2.10. The van der Waals surface area contributed by atoms with Gasteiger partial charge in [-0.1, -0.05) is 17.3 Å². The number of methoxy groups -OCH3 is 1. The number of aromatic nitrogens is 3. The zero-order valence-electron chi connectivity index (χ0n) is 12.9. The first-order valence-corrected chi connectivity index (χ1v) is 7.11. The molecule has 1 heterocycles. The third-order valence-electron chi connectivity index (χ3n) is 3.45. The Morgan fingerprint density at radius 2 is 1.87 bits per heavy atom. The summed E-state index contributed by atoms with van der Waals surface area (Å²) in [5.74, 6) is 0.423. The van der Waals surface area contributed by atoms with Gasteiger partial charge in [0.15, 0.2) is 0 Å². The number of benzene rings is 2. The van der Waals surface area contributed by atoms with E-state index < -0.39 is 0 Å². The second kappa shape index (κ2) is 6.31. The zero-order chi connectivity index (χ0) is 16.2. The van der Waals surface area contributed by atoms with Crippen LogP contribution in [-0.4, -0.2) is 28.0 Å². The summed E-state index contributed by atoms with van der Waals surface area (Å²) in [6, 6.07) is 14.5. The van der Waals surface area contributed by atoms with Gasteiger partial charge in [0.2, 0.25) is 0 Å². The Hall–Kier alpha value is -3.15. The molecule has 3 aromatic rings. The van der Waals surface area contributed by atoms with E-state index in [0.29, 0.717) is 17.0 Å². The molecule has 23 heavy (non-hydrogen) atoms. The Labute approximate surface area is 133 Å². The van der Waals surface area contributed by atoms with E-state index in [2.05, 4.69) is 15.6 Å². The summed E-state index contributed by atoms with van der Waals surface area (Å²) in [6.45, 7) is 1.92. The van der Waals surface area contributed by atoms with E-state index in [9.17, 15) is 4.79 Å². The van der Waals surface area contributed by atoms with Gasteiger partial charge in [0.25, 0.3) is 5.91 Å². The summed E-state index contributed by atoms with van der Waals surface area (Å²) in [7, 11) is 1.57. The highest BCUT2D eigenvalue weighted by Gasteiger charge is 2.10. The van der Waals surface area contributed by atoms with Crippen molar-refractivity contribution in [1.29, 1.82) is 0 Å². The van der Waals surface area contributed by atoms with Crippen molar-refractivity contribution in [3.05, 3.63) is 66.0 Å². The van der Waals surface area contributed by atoms with Crippen LogP contribution in [0.25, 0.3) is 5.69 Å². The molecule has 0 atom stereocenters. The van der Waals surface area contributed by atoms with Gasteiger partial charge >= 0.3 is 0 Å². The van der Waals surface area contributed by atoms with Crippen LogP contribution in [0.2, 0.25) is 0 Å². The Balaban J connectivity index is 1.79. The van der Waals surface area contributed by atoms with E-state index in [1.807, 2.05) is 31.2 Å². The van der Waals surface area contributed by atoms with Crippen molar-refractivity contribution < 1.29 is 9.53 Å². The summed E-state index contributed by atoms with van der Waals surface area (Å²) < 4.78 is 6.94. The first-order chi connectivity index (χ1) is 11.2. The molecule has 2 aromatic carbocycles. The van der Waals surface area contributed by atoms with Crippen LogP contribution in [0.5, 0.6) is 5.75 Å². The van der Waals surface area contributed by atoms with Crippen LogP contribution >= 0.6 is 0 Å². The molecule has 0 aliphatic heterocycles. The molecular formula is C17H16N4O2. The molecule has 0 fully saturated rings. The average molecular weight is 308 g/mol. The molecule has 1 aromatic heterocycles. The topological polar surface area (TPSA) is 69.0 Å². The van der Waals surface area contributed by atoms with Gasteiger partial charge in [-0.25, -0.2) is 4.68 Å². The van der Waals surface area contributed by atoms with Crippen LogP contribution in [0.4, 0.5) is 5.69 Å². The minimum absolute atomic E-state index is 0.198. The number of nitrogens with zero attached hydrogens (tertiary/aromatic N) is 3. The highest BCUT2D eigenvalue weighted by atomic mass is 16.5. The van der Waals surface area contributed by atoms with Gasteiger partial charge in [-0.05, 0) is 43.3 Å². The molecule has 6 nitrogen and oxygen atoms in total. The van der Waals surface area contributed by atoms with Crippen LogP contribution in [0, 0.1) is 6.92 Å². The van der Waals surface area contributed by atoms with Crippen LogP contribution < -0.4 is 10.1 Å². The molecule has 0 spiro atoms. The Morgan fingerprint density at radius 1 is 1.13 bits per heavy atom. The summed E-state index contributed by atoms with van der Waals surface area (Å²) in [6.07, 6.45) is 1.68. The molecule has 3 rings (SSSR count). The number of nitrogens with one attached hydrogen (secondary N) is 1. The number of hydrogen-bond acceptors (Lipinski definition) is 4. The highest BCUT2D eigenvalue weighted by molar-refractivity contribution is 6.05. The second-order valence-electron chi connectivity index (χ2n) is 4.99. The fourth-order valence-electron chi connectivity index (χ4n) is 2.24. The predicted molar refractivity (Wildman–Crippen MR) is 87.0 cm³/mol. The van der Waals surface area contributed by atoms with Crippen molar-refractivity contribution in [2.45, 2.75) is 6.92 Å². The van der Waals surface area contributed by atoms with Crippen molar-refractivity contribution >= 4 is 11.6 Å². The minimum atomic E-state index is -0.198. The third kappa shape index (κ3) is 3.06. The largest absolute Gasteiger partial charge is 0.495 e. The van der Waals surface area contributed by atoms with E-state index in [-0.39, 0.29) is 5.91 Å². The van der Waals surface area contributed by atoms with E-state index in [1.165, 1.54) is 0 Å². The molecule has 0 aliphatic carbocycles.